The molecule has 0 atom stereocenters. The second kappa shape index (κ2) is 8.44. The second-order valence-electron chi connectivity index (χ2n) is 7.70. The highest BCUT2D eigenvalue weighted by atomic mass is 32.1. The second-order valence-corrected chi connectivity index (χ2v) is 8.54. The van der Waals surface area contributed by atoms with E-state index in [1.807, 2.05) is 59.3 Å². The summed E-state index contributed by atoms with van der Waals surface area (Å²) in [5.74, 6) is 1.37. The fourth-order valence-electron chi connectivity index (χ4n) is 3.61. The highest BCUT2D eigenvalue weighted by Gasteiger charge is 2.30. The van der Waals surface area contributed by atoms with Gasteiger partial charge in [0.05, 0.1) is 23.5 Å². The Morgan fingerprint density at radius 3 is 2.55 bits per heavy atom. The standard InChI is InChI=1S/C25H19F3N2O2S/c1-16-5-8-18(9-6-16)21-14-33-24(29-20-4-2-3-19(12-20)25(26,27)28)30(21)13-17-7-10-22-23(11-17)32-15-31-22/h2-12,14H,13,15H2,1H3. The first-order valence-corrected chi connectivity index (χ1v) is 11.1. The van der Waals surface area contributed by atoms with E-state index in [9.17, 15) is 13.2 Å². The molecule has 4 nitrogen and oxygen atoms in total. The molecule has 1 aromatic heterocycles. The molecule has 3 aromatic carbocycles. The number of thiazole rings is 1. The van der Waals surface area contributed by atoms with Gasteiger partial charge in [0.1, 0.15) is 0 Å². The van der Waals surface area contributed by atoms with E-state index in [0.717, 1.165) is 34.5 Å². The average Bonchev–Trinajstić information content (AvgIpc) is 3.41. The molecule has 1 aliphatic heterocycles. The Morgan fingerprint density at radius 2 is 1.76 bits per heavy atom. The van der Waals surface area contributed by atoms with Crippen LogP contribution in [0.4, 0.5) is 18.9 Å². The van der Waals surface area contributed by atoms with Gasteiger partial charge in [0, 0.05) is 5.38 Å². The minimum absolute atomic E-state index is 0.190. The lowest BCUT2D eigenvalue weighted by Crippen LogP contribution is -2.16. The predicted octanol–water partition coefficient (Wildman–Crippen LogP) is 6.55. The van der Waals surface area contributed by atoms with Crippen LogP contribution in [0.3, 0.4) is 0 Å². The number of halogens is 3. The van der Waals surface area contributed by atoms with Crippen molar-refractivity contribution in [2.75, 3.05) is 6.79 Å². The summed E-state index contributed by atoms with van der Waals surface area (Å²) in [4.78, 5) is 5.17. The molecular formula is C25H19F3N2O2S. The first-order valence-electron chi connectivity index (χ1n) is 10.2. The molecule has 1 aliphatic rings. The Hall–Kier alpha value is -3.52. The Morgan fingerprint density at radius 1 is 0.970 bits per heavy atom. The van der Waals surface area contributed by atoms with Gasteiger partial charge in [0.15, 0.2) is 16.3 Å². The highest BCUT2D eigenvalue weighted by molar-refractivity contribution is 7.07. The van der Waals surface area contributed by atoms with Crippen LogP contribution >= 0.6 is 11.3 Å². The Kier molecular flexibility index (Phi) is 5.46. The number of ether oxygens (including phenoxy) is 2. The zero-order valence-electron chi connectivity index (χ0n) is 17.6. The minimum atomic E-state index is -4.42. The first-order chi connectivity index (χ1) is 15.9. The third kappa shape index (κ3) is 4.52. The van der Waals surface area contributed by atoms with Gasteiger partial charge in [-0.05, 0) is 48.4 Å². The smallest absolute Gasteiger partial charge is 0.416 e. The maximum atomic E-state index is 13.2. The van der Waals surface area contributed by atoms with Crippen LogP contribution in [0.5, 0.6) is 11.5 Å². The zero-order chi connectivity index (χ0) is 23.0. The van der Waals surface area contributed by atoms with Crippen LogP contribution in [0.25, 0.3) is 11.3 Å². The van der Waals surface area contributed by atoms with E-state index >= 15 is 0 Å². The van der Waals surface area contributed by atoms with Crippen molar-refractivity contribution in [3.8, 4) is 22.8 Å². The van der Waals surface area contributed by atoms with Crippen molar-refractivity contribution in [1.29, 1.82) is 0 Å². The molecule has 0 amide bonds. The number of rotatable bonds is 4. The molecule has 168 valence electrons. The van der Waals surface area contributed by atoms with Gasteiger partial charge < -0.3 is 14.0 Å². The molecule has 0 aliphatic carbocycles. The normalized spacial score (nSPS) is 13.5. The monoisotopic (exact) mass is 468 g/mol. The molecule has 0 fully saturated rings. The van der Waals surface area contributed by atoms with Crippen LogP contribution < -0.4 is 14.3 Å². The number of hydrogen-bond acceptors (Lipinski definition) is 4. The molecule has 2 heterocycles. The van der Waals surface area contributed by atoms with Crippen LogP contribution in [0.1, 0.15) is 16.7 Å². The van der Waals surface area contributed by atoms with Crippen LogP contribution in [0.15, 0.2) is 77.1 Å². The quantitative estimate of drug-likeness (QED) is 0.340. The number of fused-ring (bicyclic) bond motifs is 1. The minimum Gasteiger partial charge on any atom is -0.454 e. The van der Waals surface area contributed by atoms with Crippen molar-refractivity contribution in [1.82, 2.24) is 4.57 Å². The van der Waals surface area contributed by atoms with E-state index in [0.29, 0.717) is 22.8 Å². The van der Waals surface area contributed by atoms with Gasteiger partial charge in [0.25, 0.3) is 0 Å². The van der Waals surface area contributed by atoms with E-state index in [4.69, 9.17) is 9.47 Å². The summed E-state index contributed by atoms with van der Waals surface area (Å²) in [5, 5.41) is 1.98. The molecule has 0 saturated heterocycles. The molecule has 0 unspecified atom stereocenters. The largest absolute Gasteiger partial charge is 0.454 e. The van der Waals surface area contributed by atoms with Crippen LogP contribution in [-0.4, -0.2) is 11.4 Å². The van der Waals surface area contributed by atoms with Gasteiger partial charge in [0.2, 0.25) is 6.79 Å². The zero-order valence-corrected chi connectivity index (χ0v) is 18.4. The fourth-order valence-corrected chi connectivity index (χ4v) is 4.54. The lowest BCUT2D eigenvalue weighted by molar-refractivity contribution is -0.137. The van der Waals surface area contributed by atoms with Crippen molar-refractivity contribution in [3.05, 3.63) is 93.6 Å². The molecule has 0 spiro atoms. The van der Waals surface area contributed by atoms with E-state index in [1.165, 1.54) is 17.4 Å². The summed E-state index contributed by atoms with van der Waals surface area (Å²) in [6.07, 6.45) is -4.42. The van der Waals surface area contributed by atoms with Gasteiger partial charge in [-0.25, -0.2) is 4.99 Å². The summed E-state index contributed by atoms with van der Waals surface area (Å²) < 4.78 is 52.4. The van der Waals surface area contributed by atoms with E-state index in [1.54, 1.807) is 6.07 Å². The molecule has 5 rings (SSSR count). The summed E-state index contributed by atoms with van der Waals surface area (Å²) in [6, 6.07) is 18.9. The molecule has 0 saturated carbocycles. The molecule has 33 heavy (non-hydrogen) atoms. The van der Waals surface area contributed by atoms with Gasteiger partial charge in [-0.2, -0.15) is 13.2 Å². The van der Waals surface area contributed by atoms with Crippen LogP contribution in [0.2, 0.25) is 0 Å². The maximum Gasteiger partial charge on any atom is 0.416 e. The van der Waals surface area contributed by atoms with Crippen molar-refractivity contribution < 1.29 is 22.6 Å². The maximum absolute atomic E-state index is 13.2. The summed E-state index contributed by atoms with van der Waals surface area (Å²) in [7, 11) is 0. The van der Waals surface area contributed by atoms with Gasteiger partial charge >= 0.3 is 6.18 Å². The lowest BCUT2D eigenvalue weighted by atomic mass is 10.1. The Balaban J connectivity index is 1.61. The van der Waals surface area contributed by atoms with Crippen molar-refractivity contribution in [2.24, 2.45) is 4.99 Å². The predicted molar refractivity (Wildman–Crippen MR) is 121 cm³/mol. The summed E-state index contributed by atoms with van der Waals surface area (Å²) >= 11 is 1.39. The highest BCUT2D eigenvalue weighted by Crippen LogP contribution is 2.34. The molecule has 0 radical (unpaired) electrons. The number of aromatic nitrogens is 1. The molecular weight excluding hydrogens is 449 g/mol. The molecule has 0 N–H and O–H groups in total. The fraction of sp³-hybridized carbons (Fsp3) is 0.160. The Bertz CT molecular complexity index is 1370. The molecule has 0 bridgehead atoms. The van der Waals surface area contributed by atoms with E-state index < -0.39 is 11.7 Å². The van der Waals surface area contributed by atoms with Gasteiger partial charge in [-0.3, -0.25) is 0 Å². The third-order valence-electron chi connectivity index (χ3n) is 5.32. The third-order valence-corrected chi connectivity index (χ3v) is 6.18. The number of benzene rings is 3. The van der Waals surface area contributed by atoms with Crippen molar-refractivity contribution in [2.45, 2.75) is 19.6 Å². The lowest BCUT2D eigenvalue weighted by Gasteiger charge is -2.11. The van der Waals surface area contributed by atoms with Crippen LogP contribution in [0, 0.1) is 6.92 Å². The number of alkyl halides is 3. The number of aryl methyl sites for hydroxylation is 1. The topological polar surface area (TPSA) is 35.8 Å². The van der Waals surface area contributed by atoms with Gasteiger partial charge in [-0.15, -0.1) is 11.3 Å². The number of hydrogen-bond donors (Lipinski definition) is 0. The van der Waals surface area contributed by atoms with Gasteiger partial charge in [-0.1, -0.05) is 42.0 Å². The molecule has 4 aromatic rings. The van der Waals surface area contributed by atoms with E-state index in [2.05, 4.69) is 4.99 Å². The summed E-state index contributed by atoms with van der Waals surface area (Å²) in [5.41, 5.74) is 3.58. The van der Waals surface area contributed by atoms with E-state index in [-0.39, 0.29) is 12.5 Å². The van der Waals surface area contributed by atoms with Crippen LogP contribution in [-0.2, 0) is 12.7 Å². The van der Waals surface area contributed by atoms with Crippen molar-refractivity contribution in [3.63, 3.8) is 0 Å². The SMILES string of the molecule is Cc1ccc(-c2csc(=Nc3cccc(C(F)(F)F)c3)n2Cc2ccc3c(c2)OCO3)cc1. The molecule has 8 heteroatoms. The first kappa shape index (κ1) is 21.3. The Labute approximate surface area is 192 Å². The average molecular weight is 469 g/mol. The number of nitrogens with zero attached hydrogens (tertiary/aromatic N) is 2. The summed E-state index contributed by atoms with van der Waals surface area (Å²) in [6.45, 7) is 2.68. The van der Waals surface area contributed by atoms with Crippen molar-refractivity contribution >= 4 is 17.0 Å².